The summed E-state index contributed by atoms with van der Waals surface area (Å²) >= 11 is 3.25. The molecule has 0 radical (unpaired) electrons. The van der Waals surface area contributed by atoms with E-state index in [0.29, 0.717) is 17.9 Å². The number of thioether (sulfide) groups is 1. The molecule has 4 rings (SSSR count). The molecule has 1 fully saturated rings. The summed E-state index contributed by atoms with van der Waals surface area (Å²) in [4.78, 5) is 29.2. The Bertz CT molecular complexity index is 845. The highest BCUT2D eigenvalue weighted by Crippen LogP contribution is 2.32. The van der Waals surface area contributed by atoms with Crippen LogP contribution < -0.4 is 10.6 Å². The molecule has 7 heteroatoms. The predicted molar refractivity (Wildman–Crippen MR) is 115 cm³/mol. The van der Waals surface area contributed by atoms with Gasteiger partial charge >= 0.3 is 0 Å². The third-order valence-corrected chi connectivity index (χ3v) is 7.51. The zero-order valence-corrected chi connectivity index (χ0v) is 17.6. The molecule has 1 aromatic carbocycles. The summed E-state index contributed by atoms with van der Waals surface area (Å²) in [6.45, 7) is 5.04. The Hall–Kier alpha value is -1.83. The second kappa shape index (κ2) is 8.68. The fraction of sp³-hybridized carbons (Fsp3) is 0.429. The van der Waals surface area contributed by atoms with Crippen LogP contribution in [0.3, 0.4) is 0 Å². The summed E-state index contributed by atoms with van der Waals surface area (Å²) in [5, 5.41) is 8.07. The van der Waals surface area contributed by atoms with Crippen LogP contribution in [-0.4, -0.2) is 42.1 Å². The second-order valence-corrected chi connectivity index (χ2v) is 9.50. The lowest BCUT2D eigenvalue weighted by Gasteiger charge is -2.36. The fourth-order valence-corrected chi connectivity index (χ4v) is 5.40. The summed E-state index contributed by atoms with van der Waals surface area (Å²) in [7, 11) is 0. The van der Waals surface area contributed by atoms with E-state index in [0.717, 1.165) is 29.6 Å². The molecule has 1 atom stereocenters. The Balaban J connectivity index is 1.44. The zero-order chi connectivity index (χ0) is 19.5. The maximum Gasteiger partial charge on any atom is 0.251 e. The molecule has 0 saturated carbocycles. The van der Waals surface area contributed by atoms with Gasteiger partial charge in [0.25, 0.3) is 5.91 Å². The Morgan fingerprint density at radius 2 is 2.14 bits per heavy atom. The molecular formula is C21H25N3O2S2. The number of carbonyl (C=O) groups is 2. The molecule has 2 aromatic rings. The number of thiophene rings is 1. The number of piperidine rings is 1. The molecule has 1 aromatic heterocycles. The SMILES string of the molecule is CC1CCN(C(CNC(=O)c2ccc3c(c2)NC(=O)CS3)c2cccs2)CC1. The molecule has 1 unspecified atom stereocenters. The first kappa shape index (κ1) is 19.5. The predicted octanol–water partition coefficient (Wildman–Crippen LogP) is 4.00. The number of nitrogens with zero attached hydrogens (tertiary/aromatic N) is 1. The van der Waals surface area contributed by atoms with Crippen LogP contribution in [0, 0.1) is 5.92 Å². The van der Waals surface area contributed by atoms with Gasteiger partial charge in [-0.1, -0.05) is 13.0 Å². The Morgan fingerprint density at radius 1 is 1.32 bits per heavy atom. The topological polar surface area (TPSA) is 61.4 Å². The number of hydrogen-bond donors (Lipinski definition) is 2. The number of benzene rings is 1. The van der Waals surface area contributed by atoms with Gasteiger partial charge in [0, 0.05) is 21.9 Å². The van der Waals surface area contributed by atoms with Gasteiger partial charge in [-0.25, -0.2) is 0 Å². The highest BCUT2D eigenvalue weighted by atomic mass is 32.2. The van der Waals surface area contributed by atoms with Gasteiger partial charge in [0.05, 0.1) is 17.5 Å². The van der Waals surface area contributed by atoms with Gasteiger partial charge in [0.2, 0.25) is 5.91 Å². The molecule has 0 bridgehead atoms. The van der Waals surface area contributed by atoms with Crippen LogP contribution in [0.1, 0.15) is 41.0 Å². The molecule has 2 aliphatic heterocycles. The Morgan fingerprint density at radius 3 is 2.89 bits per heavy atom. The van der Waals surface area contributed by atoms with Crippen LogP contribution in [0.5, 0.6) is 0 Å². The Kier molecular flexibility index (Phi) is 6.04. The third kappa shape index (κ3) is 4.42. The lowest BCUT2D eigenvalue weighted by molar-refractivity contribution is -0.113. The van der Waals surface area contributed by atoms with E-state index in [9.17, 15) is 9.59 Å². The van der Waals surface area contributed by atoms with E-state index in [-0.39, 0.29) is 17.9 Å². The van der Waals surface area contributed by atoms with Crippen molar-refractivity contribution < 1.29 is 9.59 Å². The van der Waals surface area contributed by atoms with Crippen LogP contribution in [0.4, 0.5) is 5.69 Å². The number of anilines is 1. The maximum absolute atomic E-state index is 12.8. The Labute approximate surface area is 173 Å². The quantitative estimate of drug-likeness (QED) is 0.775. The molecule has 0 spiro atoms. The van der Waals surface area contributed by atoms with Gasteiger partial charge < -0.3 is 10.6 Å². The number of rotatable bonds is 5. The second-order valence-electron chi connectivity index (χ2n) is 7.51. The summed E-state index contributed by atoms with van der Waals surface area (Å²) < 4.78 is 0. The minimum Gasteiger partial charge on any atom is -0.350 e. The lowest BCUT2D eigenvalue weighted by atomic mass is 9.97. The van der Waals surface area contributed by atoms with Crippen LogP contribution in [0.2, 0.25) is 0 Å². The zero-order valence-electron chi connectivity index (χ0n) is 15.9. The van der Waals surface area contributed by atoms with Crippen molar-refractivity contribution >= 4 is 40.6 Å². The van der Waals surface area contributed by atoms with Crippen molar-refractivity contribution in [1.29, 1.82) is 0 Å². The van der Waals surface area contributed by atoms with Crippen LogP contribution in [0.25, 0.3) is 0 Å². The van der Waals surface area contributed by atoms with E-state index < -0.39 is 0 Å². The number of nitrogens with one attached hydrogen (secondary N) is 2. The average molecular weight is 416 g/mol. The fourth-order valence-electron chi connectivity index (χ4n) is 3.75. The van der Waals surface area contributed by atoms with Crippen LogP contribution >= 0.6 is 23.1 Å². The minimum atomic E-state index is -0.0976. The maximum atomic E-state index is 12.8. The van der Waals surface area contributed by atoms with Crippen molar-refractivity contribution in [3.05, 3.63) is 46.2 Å². The van der Waals surface area contributed by atoms with Gasteiger partial charge in [0.15, 0.2) is 0 Å². The molecule has 28 heavy (non-hydrogen) atoms. The molecule has 5 nitrogen and oxygen atoms in total. The summed E-state index contributed by atoms with van der Waals surface area (Å²) in [5.74, 6) is 1.08. The summed E-state index contributed by atoms with van der Waals surface area (Å²) in [6, 6.07) is 9.97. The number of amides is 2. The molecule has 3 heterocycles. The average Bonchev–Trinajstić information content (AvgIpc) is 3.23. The monoisotopic (exact) mass is 415 g/mol. The van der Waals surface area contributed by atoms with Crippen molar-refractivity contribution in [1.82, 2.24) is 10.2 Å². The lowest BCUT2D eigenvalue weighted by Crippen LogP contribution is -2.41. The molecule has 2 aliphatic rings. The highest BCUT2D eigenvalue weighted by molar-refractivity contribution is 8.00. The standard InChI is InChI=1S/C21H25N3O2S2/c1-14-6-8-24(9-7-14)17(19-3-2-10-27-19)12-22-21(26)15-4-5-18-16(11-15)23-20(25)13-28-18/h2-5,10-11,14,17H,6-9,12-13H2,1H3,(H,22,26)(H,23,25). The van der Waals surface area contributed by atoms with Crippen molar-refractivity contribution in [2.24, 2.45) is 5.92 Å². The molecule has 0 aliphatic carbocycles. The summed E-state index contributed by atoms with van der Waals surface area (Å²) in [5.41, 5.74) is 1.31. The van der Waals surface area contributed by atoms with E-state index in [1.54, 1.807) is 17.4 Å². The van der Waals surface area contributed by atoms with E-state index in [1.807, 2.05) is 12.1 Å². The molecule has 2 amide bonds. The van der Waals surface area contributed by atoms with Gasteiger partial charge in [-0.3, -0.25) is 14.5 Å². The summed E-state index contributed by atoms with van der Waals surface area (Å²) in [6.07, 6.45) is 2.41. The van der Waals surface area contributed by atoms with Gasteiger partial charge in [-0.15, -0.1) is 23.1 Å². The van der Waals surface area contributed by atoms with E-state index in [1.165, 1.54) is 29.5 Å². The van der Waals surface area contributed by atoms with Gasteiger partial charge in [0.1, 0.15) is 0 Å². The van der Waals surface area contributed by atoms with E-state index in [4.69, 9.17) is 0 Å². The van der Waals surface area contributed by atoms with Crippen molar-refractivity contribution in [3.8, 4) is 0 Å². The number of carbonyl (C=O) groups excluding carboxylic acids is 2. The number of likely N-dealkylation sites (tertiary alicyclic amines) is 1. The first-order valence-corrected chi connectivity index (χ1v) is 11.6. The van der Waals surface area contributed by atoms with Crippen LogP contribution in [0.15, 0.2) is 40.6 Å². The molecule has 1 saturated heterocycles. The van der Waals surface area contributed by atoms with E-state index >= 15 is 0 Å². The van der Waals surface area contributed by atoms with Crippen molar-refractivity contribution in [2.45, 2.75) is 30.7 Å². The molecule has 148 valence electrons. The highest BCUT2D eigenvalue weighted by Gasteiger charge is 2.26. The first-order chi connectivity index (χ1) is 13.6. The largest absolute Gasteiger partial charge is 0.350 e. The molecule has 2 N–H and O–H groups in total. The van der Waals surface area contributed by atoms with Gasteiger partial charge in [-0.05, 0) is 61.5 Å². The van der Waals surface area contributed by atoms with Crippen molar-refractivity contribution in [2.75, 3.05) is 30.7 Å². The third-order valence-electron chi connectivity index (χ3n) is 5.46. The van der Waals surface area contributed by atoms with E-state index in [2.05, 4.69) is 40.0 Å². The minimum absolute atomic E-state index is 0.0212. The van der Waals surface area contributed by atoms with Gasteiger partial charge in [-0.2, -0.15) is 0 Å². The normalized spacial score (nSPS) is 19.0. The first-order valence-electron chi connectivity index (χ1n) is 9.72. The van der Waals surface area contributed by atoms with Crippen molar-refractivity contribution in [3.63, 3.8) is 0 Å². The van der Waals surface area contributed by atoms with Crippen LogP contribution in [-0.2, 0) is 4.79 Å². The number of fused-ring (bicyclic) bond motifs is 1. The number of hydrogen-bond acceptors (Lipinski definition) is 5. The molecular weight excluding hydrogens is 390 g/mol. The smallest absolute Gasteiger partial charge is 0.251 e.